The van der Waals surface area contributed by atoms with E-state index in [9.17, 15) is 9.59 Å². The summed E-state index contributed by atoms with van der Waals surface area (Å²) in [7, 11) is 3.10. The molecule has 11 heteroatoms. The van der Waals surface area contributed by atoms with Crippen molar-refractivity contribution in [1.82, 2.24) is 20.6 Å². The molecule has 0 spiro atoms. The lowest BCUT2D eigenvalue weighted by Crippen LogP contribution is -2.44. The van der Waals surface area contributed by atoms with Gasteiger partial charge in [0.2, 0.25) is 0 Å². The average Bonchev–Trinajstić information content (AvgIpc) is 3.26. The zero-order valence-corrected chi connectivity index (χ0v) is 17.8. The normalized spacial score (nSPS) is 12.4. The van der Waals surface area contributed by atoms with Crippen molar-refractivity contribution in [1.29, 1.82) is 0 Å². The van der Waals surface area contributed by atoms with Gasteiger partial charge in [-0.3, -0.25) is 20.3 Å². The Morgan fingerprint density at radius 3 is 2.81 bits per heavy atom. The summed E-state index contributed by atoms with van der Waals surface area (Å²) in [6, 6.07) is 0. The monoisotopic (exact) mass is 505 g/mol. The second kappa shape index (κ2) is 7.88. The molecule has 0 saturated carbocycles. The molecule has 2 heterocycles. The molecule has 3 rings (SSSR count). The highest BCUT2D eigenvalue weighted by atomic mass is 127. The van der Waals surface area contributed by atoms with Crippen molar-refractivity contribution in [2.75, 3.05) is 12.4 Å². The maximum atomic E-state index is 12.2. The van der Waals surface area contributed by atoms with Gasteiger partial charge < -0.3 is 10.1 Å². The van der Waals surface area contributed by atoms with Crippen molar-refractivity contribution in [3.63, 3.8) is 0 Å². The van der Waals surface area contributed by atoms with Crippen LogP contribution in [-0.2, 0) is 24.6 Å². The molecule has 2 aromatic heterocycles. The Morgan fingerprint density at radius 2 is 2.15 bits per heavy atom. The van der Waals surface area contributed by atoms with Gasteiger partial charge in [-0.2, -0.15) is 5.10 Å². The molecule has 8 nitrogen and oxygen atoms in total. The van der Waals surface area contributed by atoms with E-state index >= 15 is 0 Å². The van der Waals surface area contributed by atoms with Crippen LogP contribution in [0.1, 0.15) is 37.7 Å². The Kier molecular flexibility index (Phi) is 5.77. The highest BCUT2D eigenvalue weighted by Gasteiger charge is 2.27. The number of nitrogens with zero attached hydrogens (tertiary/aromatic N) is 2. The number of carbonyl (C=O) groups excluding carboxylic acids is 2. The molecule has 0 atom stereocenters. The molecule has 0 aromatic carbocycles. The van der Waals surface area contributed by atoms with Crippen LogP contribution in [0, 0.1) is 3.57 Å². The average molecular weight is 505 g/mol. The van der Waals surface area contributed by atoms with Crippen molar-refractivity contribution in [3.8, 4) is 0 Å². The number of methoxy groups -OCH3 is 1. The van der Waals surface area contributed by atoms with Crippen LogP contribution in [-0.4, -0.2) is 33.9 Å². The van der Waals surface area contributed by atoms with Gasteiger partial charge in [-0.05, 0) is 59.6 Å². The predicted octanol–water partition coefficient (Wildman–Crippen LogP) is 1.99. The van der Waals surface area contributed by atoms with E-state index in [1.54, 1.807) is 17.9 Å². The van der Waals surface area contributed by atoms with Gasteiger partial charge in [0.15, 0.2) is 10.8 Å². The van der Waals surface area contributed by atoms with Crippen molar-refractivity contribution >= 4 is 68.1 Å². The van der Waals surface area contributed by atoms with Gasteiger partial charge in [0.05, 0.1) is 16.2 Å². The molecular weight excluding hydrogens is 489 g/mol. The summed E-state index contributed by atoms with van der Waals surface area (Å²) in [6.07, 6.45) is 4.57. The Hall–Kier alpha value is -1.73. The number of halogens is 1. The Bertz CT molecular complexity index is 892. The second-order valence-corrected chi connectivity index (χ2v) is 8.26. The van der Waals surface area contributed by atoms with E-state index in [0.29, 0.717) is 16.3 Å². The Morgan fingerprint density at radius 1 is 1.38 bits per heavy atom. The smallest absolute Gasteiger partial charge is 0.341 e. The van der Waals surface area contributed by atoms with Crippen LogP contribution in [0.25, 0.3) is 0 Å². The van der Waals surface area contributed by atoms with E-state index in [-0.39, 0.29) is 11.1 Å². The van der Waals surface area contributed by atoms with E-state index in [0.717, 1.165) is 28.4 Å². The quantitative estimate of drug-likeness (QED) is 0.254. The van der Waals surface area contributed by atoms with Crippen LogP contribution in [0.15, 0.2) is 6.20 Å². The number of carbonyl (C=O) groups is 2. The summed E-state index contributed by atoms with van der Waals surface area (Å²) in [4.78, 5) is 25.5. The number of anilines is 1. The molecule has 0 radical (unpaired) electrons. The van der Waals surface area contributed by atoms with E-state index in [2.05, 4.69) is 21.3 Å². The molecule has 1 amide bonds. The van der Waals surface area contributed by atoms with E-state index in [1.807, 2.05) is 22.6 Å². The first-order chi connectivity index (χ1) is 12.4. The molecule has 0 bridgehead atoms. The van der Waals surface area contributed by atoms with Gasteiger partial charge in [-0.1, -0.05) is 0 Å². The fraction of sp³-hybridized carbons (Fsp3) is 0.333. The first-order valence-corrected chi connectivity index (χ1v) is 10.0. The first kappa shape index (κ1) is 19.0. The molecule has 0 unspecified atom stereocenters. The first-order valence-electron chi connectivity index (χ1n) is 7.70. The number of ether oxygens (including phenoxy) is 1. The Labute approximate surface area is 172 Å². The van der Waals surface area contributed by atoms with Crippen LogP contribution in [0.5, 0.6) is 0 Å². The number of hydrogen-bond acceptors (Lipinski definition) is 6. The summed E-state index contributed by atoms with van der Waals surface area (Å²) < 4.78 is 7.18. The number of nitrogens with one attached hydrogen (secondary N) is 3. The molecule has 2 aromatic rings. The fourth-order valence-corrected chi connectivity index (χ4v) is 4.99. The summed E-state index contributed by atoms with van der Waals surface area (Å²) in [5.41, 5.74) is 6.99. The lowest BCUT2D eigenvalue weighted by Gasteiger charge is -2.11. The molecule has 0 fully saturated rings. The molecule has 1 aliphatic rings. The van der Waals surface area contributed by atoms with Gasteiger partial charge in [0, 0.05) is 18.1 Å². The van der Waals surface area contributed by atoms with Gasteiger partial charge >= 0.3 is 5.97 Å². The topological polar surface area (TPSA) is 97.3 Å². The minimum Gasteiger partial charge on any atom is -0.465 e. The zero-order valence-electron chi connectivity index (χ0n) is 14.0. The number of thiophene rings is 1. The van der Waals surface area contributed by atoms with Crippen molar-refractivity contribution < 1.29 is 14.3 Å². The number of fused-ring (bicyclic) bond motifs is 1. The van der Waals surface area contributed by atoms with Crippen LogP contribution in [0.2, 0.25) is 0 Å². The number of aromatic nitrogens is 2. The molecular formula is C15H16IN5O3S2. The SMILES string of the molecule is COC(=O)c1c(NC(=S)NNC(=O)c2nn(C)cc2I)sc2c1CCC2. The number of esters is 1. The molecule has 0 saturated heterocycles. The van der Waals surface area contributed by atoms with Crippen molar-refractivity contribution in [2.45, 2.75) is 19.3 Å². The van der Waals surface area contributed by atoms with Crippen LogP contribution < -0.4 is 16.2 Å². The third-order valence-corrected chi connectivity index (χ3v) is 6.03. The Balaban J connectivity index is 1.66. The largest absolute Gasteiger partial charge is 0.465 e. The summed E-state index contributed by atoms with van der Waals surface area (Å²) in [6.45, 7) is 0. The summed E-state index contributed by atoms with van der Waals surface area (Å²) >= 11 is 8.74. The number of thiocarbonyl (C=S) groups is 1. The third-order valence-electron chi connectivity index (χ3n) is 3.83. The van der Waals surface area contributed by atoms with Gasteiger partial charge in [-0.25, -0.2) is 4.79 Å². The standard InChI is InChI=1S/C15H16IN5O3S2/c1-21-6-8(16)11(20-21)12(22)18-19-15(25)17-13-10(14(23)24-2)7-4-3-5-9(7)26-13/h6H,3-5H2,1-2H3,(H,18,22)(H2,17,19,25). The number of amides is 1. The molecule has 26 heavy (non-hydrogen) atoms. The fourth-order valence-electron chi connectivity index (χ4n) is 2.73. The van der Waals surface area contributed by atoms with Crippen LogP contribution >= 0.6 is 46.1 Å². The highest BCUT2D eigenvalue weighted by Crippen LogP contribution is 2.39. The second-order valence-electron chi connectivity index (χ2n) is 5.59. The minimum absolute atomic E-state index is 0.175. The lowest BCUT2D eigenvalue weighted by molar-refractivity contribution is 0.0601. The number of rotatable bonds is 3. The lowest BCUT2D eigenvalue weighted by atomic mass is 10.1. The van der Waals surface area contributed by atoms with Crippen molar-refractivity contribution in [2.24, 2.45) is 7.05 Å². The van der Waals surface area contributed by atoms with Crippen LogP contribution in [0.3, 0.4) is 0 Å². The maximum absolute atomic E-state index is 12.2. The van der Waals surface area contributed by atoms with Crippen LogP contribution in [0.4, 0.5) is 5.00 Å². The van der Waals surface area contributed by atoms with Gasteiger partial charge in [0.1, 0.15) is 5.00 Å². The summed E-state index contributed by atoms with van der Waals surface area (Å²) in [5, 5.41) is 7.87. The predicted molar refractivity (Wildman–Crippen MR) is 110 cm³/mol. The van der Waals surface area contributed by atoms with Crippen molar-refractivity contribution in [3.05, 3.63) is 31.5 Å². The van der Waals surface area contributed by atoms with Gasteiger partial charge in [-0.15, -0.1) is 11.3 Å². The zero-order chi connectivity index (χ0) is 18.8. The number of hydrogen-bond donors (Lipinski definition) is 3. The minimum atomic E-state index is -0.402. The molecule has 1 aliphatic carbocycles. The number of aryl methyl sites for hydroxylation is 2. The maximum Gasteiger partial charge on any atom is 0.341 e. The molecule has 3 N–H and O–H groups in total. The molecule has 138 valence electrons. The third kappa shape index (κ3) is 3.83. The summed E-state index contributed by atoms with van der Waals surface area (Å²) in [5.74, 6) is -0.789. The number of hydrazine groups is 1. The van der Waals surface area contributed by atoms with Gasteiger partial charge in [0.25, 0.3) is 5.91 Å². The van der Waals surface area contributed by atoms with E-state index in [4.69, 9.17) is 17.0 Å². The highest BCUT2D eigenvalue weighted by molar-refractivity contribution is 14.1. The molecule has 0 aliphatic heterocycles. The van der Waals surface area contributed by atoms with E-state index in [1.165, 1.54) is 23.3 Å². The van der Waals surface area contributed by atoms with E-state index < -0.39 is 5.91 Å².